The van der Waals surface area contributed by atoms with Gasteiger partial charge in [0.1, 0.15) is 0 Å². The van der Waals surface area contributed by atoms with Gasteiger partial charge in [0.25, 0.3) is 0 Å². The first-order valence-electron chi connectivity index (χ1n) is 6.48. The molecule has 2 aromatic carbocycles. The van der Waals surface area contributed by atoms with E-state index in [0.717, 1.165) is 29.8 Å². The lowest BCUT2D eigenvalue weighted by atomic mass is 10.0. The van der Waals surface area contributed by atoms with E-state index in [4.69, 9.17) is 16.3 Å². The van der Waals surface area contributed by atoms with Crippen molar-refractivity contribution in [2.45, 2.75) is 13.5 Å². The molecule has 1 N–H and O–H groups in total. The largest absolute Gasteiger partial charge is 0.494 e. The van der Waals surface area contributed by atoms with Gasteiger partial charge in [-0.1, -0.05) is 36.7 Å². The first-order valence-corrected chi connectivity index (χ1v) is 6.86. The summed E-state index contributed by atoms with van der Waals surface area (Å²) in [6, 6.07) is 10.6. The molecule has 2 nitrogen and oxygen atoms in total. The van der Waals surface area contributed by atoms with Crippen molar-refractivity contribution in [3.63, 3.8) is 0 Å². The van der Waals surface area contributed by atoms with E-state index in [9.17, 15) is 4.39 Å². The van der Waals surface area contributed by atoms with E-state index in [1.54, 1.807) is 12.1 Å². The van der Waals surface area contributed by atoms with Gasteiger partial charge in [-0.25, -0.2) is 4.39 Å². The smallest absolute Gasteiger partial charge is 0.165 e. The van der Waals surface area contributed by atoms with E-state index >= 15 is 0 Å². The highest BCUT2D eigenvalue weighted by Gasteiger charge is 2.08. The summed E-state index contributed by atoms with van der Waals surface area (Å²) in [5, 5.41) is 3.86. The Hall–Kier alpha value is -1.58. The van der Waals surface area contributed by atoms with Crippen LogP contribution in [0.15, 0.2) is 36.4 Å². The zero-order chi connectivity index (χ0) is 14.5. The average molecular weight is 294 g/mol. The van der Waals surface area contributed by atoms with E-state index < -0.39 is 5.82 Å². The minimum Gasteiger partial charge on any atom is -0.494 e. The predicted molar refractivity (Wildman–Crippen MR) is 80.8 cm³/mol. The number of halogens is 2. The molecule has 0 radical (unpaired) electrons. The molecule has 0 saturated carbocycles. The van der Waals surface area contributed by atoms with Crippen LogP contribution < -0.4 is 10.1 Å². The molecule has 0 spiro atoms. The highest BCUT2D eigenvalue weighted by Crippen LogP contribution is 2.31. The van der Waals surface area contributed by atoms with Crippen molar-refractivity contribution in [3.05, 3.63) is 52.8 Å². The molecular weight excluding hydrogens is 277 g/mol. The molecule has 0 aliphatic heterocycles. The average Bonchev–Trinajstić information content (AvgIpc) is 2.45. The van der Waals surface area contributed by atoms with E-state index in [0.29, 0.717) is 5.02 Å². The zero-order valence-corrected chi connectivity index (χ0v) is 12.3. The number of ether oxygens (including phenoxy) is 1. The monoisotopic (exact) mass is 293 g/mol. The summed E-state index contributed by atoms with van der Waals surface area (Å²) in [4.78, 5) is 0. The highest BCUT2D eigenvalue weighted by molar-refractivity contribution is 6.33. The number of rotatable bonds is 5. The fourth-order valence-corrected chi connectivity index (χ4v) is 2.32. The first-order chi connectivity index (χ1) is 9.65. The van der Waals surface area contributed by atoms with Gasteiger partial charge >= 0.3 is 0 Å². The third-order valence-corrected chi connectivity index (χ3v) is 3.39. The number of methoxy groups -OCH3 is 1. The summed E-state index contributed by atoms with van der Waals surface area (Å²) in [6.45, 7) is 3.73. The standard InChI is InChI=1S/C16H17ClFNO/c1-3-19-10-11-4-6-13(14(17)8-11)12-5-7-16(20-2)15(18)9-12/h4-9,19H,3,10H2,1-2H3. The molecule has 0 aliphatic carbocycles. The Morgan fingerprint density at radius 3 is 2.60 bits per heavy atom. The molecule has 4 heteroatoms. The molecule has 0 unspecified atom stereocenters. The van der Waals surface area contributed by atoms with Crippen LogP contribution in [0.4, 0.5) is 4.39 Å². The van der Waals surface area contributed by atoms with Crippen molar-refractivity contribution >= 4 is 11.6 Å². The Morgan fingerprint density at radius 2 is 2.00 bits per heavy atom. The Balaban J connectivity index is 2.31. The summed E-state index contributed by atoms with van der Waals surface area (Å²) in [5.74, 6) is -0.161. The summed E-state index contributed by atoms with van der Waals surface area (Å²) in [6.07, 6.45) is 0. The second-order valence-electron chi connectivity index (χ2n) is 4.44. The van der Waals surface area contributed by atoms with Gasteiger partial charge in [-0.3, -0.25) is 0 Å². The van der Waals surface area contributed by atoms with E-state index in [-0.39, 0.29) is 5.75 Å². The van der Waals surface area contributed by atoms with Crippen LogP contribution in [0.25, 0.3) is 11.1 Å². The van der Waals surface area contributed by atoms with Crippen molar-refractivity contribution in [3.8, 4) is 16.9 Å². The Morgan fingerprint density at radius 1 is 1.20 bits per heavy atom. The van der Waals surface area contributed by atoms with Gasteiger partial charge in [0, 0.05) is 17.1 Å². The van der Waals surface area contributed by atoms with Crippen molar-refractivity contribution in [1.82, 2.24) is 5.32 Å². The van der Waals surface area contributed by atoms with Crippen molar-refractivity contribution in [1.29, 1.82) is 0 Å². The van der Waals surface area contributed by atoms with Crippen LogP contribution in [-0.2, 0) is 6.54 Å². The molecule has 0 aliphatic rings. The Kier molecular flexibility index (Phi) is 4.99. The maximum Gasteiger partial charge on any atom is 0.165 e. The molecule has 0 saturated heterocycles. The maximum absolute atomic E-state index is 13.7. The lowest BCUT2D eigenvalue weighted by molar-refractivity contribution is 0.386. The Bertz CT molecular complexity index is 601. The van der Waals surface area contributed by atoms with E-state index in [2.05, 4.69) is 12.2 Å². The molecule has 0 fully saturated rings. The second-order valence-corrected chi connectivity index (χ2v) is 4.85. The lowest BCUT2D eigenvalue weighted by Crippen LogP contribution is -2.11. The Labute approximate surface area is 123 Å². The summed E-state index contributed by atoms with van der Waals surface area (Å²) >= 11 is 6.29. The van der Waals surface area contributed by atoms with Crippen LogP contribution in [-0.4, -0.2) is 13.7 Å². The molecule has 106 valence electrons. The van der Waals surface area contributed by atoms with Crippen molar-refractivity contribution in [2.24, 2.45) is 0 Å². The third kappa shape index (κ3) is 3.30. The van der Waals surface area contributed by atoms with Gasteiger partial charge in [-0.05, 0) is 35.9 Å². The van der Waals surface area contributed by atoms with Crippen LogP contribution in [0.2, 0.25) is 5.02 Å². The van der Waals surface area contributed by atoms with E-state index in [1.165, 1.54) is 13.2 Å². The first kappa shape index (κ1) is 14.8. The molecule has 0 bridgehead atoms. The summed E-state index contributed by atoms with van der Waals surface area (Å²) in [7, 11) is 1.45. The fourth-order valence-electron chi connectivity index (χ4n) is 2.01. The molecule has 0 heterocycles. The normalized spacial score (nSPS) is 10.6. The lowest BCUT2D eigenvalue weighted by Gasteiger charge is -2.09. The quantitative estimate of drug-likeness (QED) is 0.889. The van der Waals surface area contributed by atoms with Gasteiger partial charge in [0.05, 0.1) is 7.11 Å². The van der Waals surface area contributed by atoms with Gasteiger partial charge in [0.15, 0.2) is 11.6 Å². The molecule has 2 aromatic rings. The van der Waals surface area contributed by atoms with Crippen molar-refractivity contribution in [2.75, 3.05) is 13.7 Å². The molecular formula is C16H17ClFNO. The number of hydrogen-bond acceptors (Lipinski definition) is 2. The number of nitrogens with one attached hydrogen (secondary N) is 1. The van der Waals surface area contributed by atoms with Crippen LogP contribution in [0.5, 0.6) is 5.75 Å². The molecule has 0 aromatic heterocycles. The van der Waals surface area contributed by atoms with Gasteiger partial charge < -0.3 is 10.1 Å². The van der Waals surface area contributed by atoms with Crippen LogP contribution >= 0.6 is 11.6 Å². The summed E-state index contributed by atoms with van der Waals surface area (Å²) < 4.78 is 18.6. The molecule has 0 atom stereocenters. The fraction of sp³-hybridized carbons (Fsp3) is 0.250. The minimum absolute atomic E-state index is 0.230. The maximum atomic E-state index is 13.7. The predicted octanol–water partition coefficient (Wildman–Crippen LogP) is 4.26. The van der Waals surface area contributed by atoms with Gasteiger partial charge in [0.2, 0.25) is 0 Å². The van der Waals surface area contributed by atoms with E-state index in [1.807, 2.05) is 18.2 Å². The minimum atomic E-state index is -0.391. The third-order valence-electron chi connectivity index (χ3n) is 3.08. The summed E-state index contributed by atoms with van der Waals surface area (Å²) in [5.41, 5.74) is 2.66. The van der Waals surface area contributed by atoms with Crippen molar-refractivity contribution < 1.29 is 9.13 Å². The molecule has 0 amide bonds. The van der Waals surface area contributed by atoms with Gasteiger partial charge in [-0.2, -0.15) is 0 Å². The number of benzene rings is 2. The highest BCUT2D eigenvalue weighted by atomic mass is 35.5. The number of hydrogen-bond donors (Lipinski definition) is 1. The zero-order valence-electron chi connectivity index (χ0n) is 11.5. The second kappa shape index (κ2) is 6.73. The van der Waals surface area contributed by atoms with Crippen LogP contribution in [0.3, 0.4) is 0 Å². The SMILES string of the molecule is CCNCc1ccc(-c2ccc(OC)c(F)c2)c(Cl)c1. The topological polar surface area (TPSA) is 21.3 Å². The van der Waals surface area contributed by atoms with Crippen LogP contribution in [0, 0.1) is 5.82 Å². The van der Waals surface area contributed by atoms with Gasteiger partial charge in [-0.15, -0.1) is 0 Å². The molecule has 2 rings (SSSR count). The molecule has 20 heavy (non-hydrogen) atoms. The van der Waals surface area contributed by atoms with Crippen LogP contribution in [0.1, 0.15) is 12.5 Å².